The highest BCUT2D eigenvalue weighted by Gasteiger charge is 2.43. The van der Waals surface area contributed by atoms with Gasteiger partial charge in [-0.25, -0.2) is 9.97 Å². The zero-order chi connectivity index (χ0) is 12.3. The Morgan fingerprint density at radius 3 is 2.76 bits per heavy atom. The number of hydrogen-bond acceptors (Lipinski definition) is 4. The van der Waals surface area contributed by atoms with Crippen molar-refractivity contribution in [1.82, 2.24) is 14.9 Å². The molecule has 5 nitrogen and oxygen atoms in total. The molecule has 1 unspecified atom stereocenters. The molecule has 1 N–H and O–H groups in total. The van der Waals surface area contributed by atoms with Gasteiger partial charge in [0.15, 0.2) is 0 Å². The van der Waals surface area contributed by atoms with E-state index >= 15 is 0 Å². The second kappa shape index (κ2) is 4.79. The lowest BCUT2D eigenvalue weighted by Gasteiger charge is -2.22. The largest absolute Gasteiger partial charge is 0.481 e. The normalized spacial score (nSPS) is 25.0. The molecule has 2 rings (SSSR count). The van der Waals surface area contributed by atoms with E-state index in [-0.39, 0.29) is 0 Å². The van der Waals surface area contributed by atoms with E-state index in [2.05, 4.69) is 14.9 Å². The predicted molar refractivity (Wildman–Crippen MR) is 62.3 cm³/mol. The highest BCUT2D eigenvalue weighted by Crippen LogP contribution is 2.34. The standard InChI is InChI=1S/C12H17N3O2/c1-2-12(11(16)17)4-7-15(9-12)8-10-13-5-3-6-14-10/h3,5-6H,2,4,7-9H2,1H3,(H,16,17). The van der Waals surface area contributed by atoms with Crippen molar-refractivity contribution in [3.8, 4) is 0 Å². The molecule has 0 aromatic carbocycles. The fourth-order valence-electron chi connectivity index (χ4n) is 2.32. The van der Waals surface area contributed by atoms with Crippen LogP contribution in [0.2, 0.25) is 0 Å². The van der Waals surface area contributed by atoms with Crippen molar-refractivity contribution >= 4 is 5.97 Å². The number of carboxylic acids is 1. The average Bonchev–Trinajstić information content (AvgIpc) is 2.75. The number of nitrogens with zero attached hydrogens (tertiary/aromatic N) is 3. The third-order valence-corrected chi connectivity index (χ3v) is 3.55. The molecule has 5 heteroatoms. The lowest BCUT2D eigenvalue weighted by atomic mass is 9.84. The zero-order valence-corrected chi connectivity index (χ0v) is 9.96. The molecule has 2 heterocycles. The van der Waals surface area contributed by atoms with E-state index in [1.807, 2.05) is 6.92 Å². The Hall–Kier alpha value is -1.49. The minimum Gasteiger partial charge on any atom is -0.481 e. The lowest BCUT2D eigenvalue weighted by molar-refractivity contribution is -0.148. The van der Waals surface area contributed by atoms with E-state index in [1.54, 1.807) is 18.5 Å². The van der Waals surface area contributed by atoms with Crippen LogP contribution in [0.4, 0.5) is 0 Å². The maximum Gasteiger partial charge on any atom is 0.310 e. The van der Waals surface area contributed by atoms with Crippen LogP contribution in [0.15, 0.2) is 18.5 Å². The highest BCUT2D eigenvalue weighted by atomic mass is 16.4. The molecule has 0 amide bonds. The van der Waals surface area contributed by atoms with Gasteiger partial charge in [0.2, 0.25) is 0 Å². The Kier molecular flexibility index (Phi) is 3.38. The van der Waals surface area contributed by atoms with Gasteiger partial charge in [-0.1, -0.05) is 6.92 Å². The molecular weight excluding hydrogens is 218 g/mol. The van der Waals surface area contributed by atoms with Gasteiger partial charge in [0.05, 0.1) is 12.0 Å². The van der Waals surface area contributed by atoms with Gasteiger partial charge in [-0.2, -0.15) is 0 Å². The first-order valence-electron chi connectivity index (χ1n) is 5.88. The van der Waals surface area contributed by atoms with Crippen molar-refractivity contribution in [2.45, 2.75) is 26.3 Å². The van der Waals surface area contributed by atoms with Crippen LogP contribution in [0.25, 0.3) is 0 Å². The molecule has 1 aromatic rings. The fourth-order valence-corrected chi connectivity index (χ4v) is 2.32. The number of carboxylic acid groups (broad SMARTS) is 1. The van der Waals surface area contributed by atoms with Gasteiger partial charge in [-0.05, 0) is 25.5 Å². The lowest BCUT2D eigenvalue weighted by Crippen LogP contribution is -2.34. The van der Waals surface area contributed by atoms with Crippen LogP contribution in [0, 0.1) is 5.41 Å². The Labute approximate surface area is 100 Å². The first-order valence-corrected chi connectivity index (χ1v) is 5.88. The van der Waals surface area contributed by atoms with E-state index in [4.69, 9.17) is 0 Å². The Morgan fingerprint density at radius 2 is 2.24 bits per heavy atom. The molecule has 1 atom stereocenters. The molecule has 0 bridgehead atoms. The Balaban J connectivity index is 2.01. The quantitative estimate of drug-likeness (QED) is 0.848. The molecule has 0 spiro atoms. The summed E-state index contributed by atoms with van der Waals surface area (Å²) < 4.78 is 0. The van der Waals surface area contributed by atoms with E-state index in [9.17, 15) is 9.90 Å². The van der Waals surface area contributed by atoms with E-state index < -0.39 is 11.4 Å². The molecule has 17 heavy (non-hydrogen) atoms. The summed E-state index contributed by atoms with van der Waals surface area (Å²) in [5, 5.41) is 9.29. The van der Waals surface area contributed by atoms with Gasteiger partial charge in [0.1, 0.15) is 5.82 Å². The third-order valence-electron chi connectivity index (χ3n) is 3.55. The topological polar surface area (TPSA) is 66.3 Å². The summed E-state index contributed by atoms with van der Waals surface area (Å²) in [5.41, 5.74) is -0.575. The number of aromatic nitrogens is 2. The molecule has 0 saturated carbocycles. The van der Waals surface area contributed by atoms with Crippen molar-refractivity contribution in [2.24, 2.45) is 5.41 Å². The van der Waals surface area contributed by atoms with Gasteiger partial charge < -0.3 is 5.11 Å². The number of rotatable bonds is 4. The van der Waals surface area contributed by atoms with Crippen LogP contribution in [0.1, 0.15) is 25.6 Å². The van der Waals surface area contributed by atoms with Gasteiger partial charge in [-0.15, -0.1) is 0 Å². The molecule has 92 valence electrons. The van der Waals surface area contributed by atoms with Crippen molar-refractivity contribution in [1.29, 1.82) is 0 Å². The van der Waals surface area contributed by atoms with E-state index in [1.165, 1.54) is 0 Å². The van der Waals surface area contributed by atoms with Gasteiger partial charge >= 0.3 is 5.97 Å². The van der Waals surface area contributed by atoms with Crippen molar-refractivity contribution < 1.29 is 9.90 Å². The zero-order valence-electron chi connectivity index (χ0n) is 9.96. The SMILES string of the molecule is CCC1(C(=O)O)CCN(Cc2ncccn2)C1. The second-order valence-corrected chi connectivity index (χ2v) is 4.56. The molecule has 0 aliphatic carbocycles. The average molecular weight is 235 g/mol. The smallest absolute Gasteiger partial charge is 0.310 e. The number of likely N-dealkylation sites (tertiary alicyclic amines) is 1. The maximum absolute atomic E-state index is 11.3. The molecule has 1 saturated heterocycles. The van der Waals surface area contributed by atoms with Gasteiger partial charge in [-0.3, -0.25) is 9.69 Å². The van der Waals surface area contributed by atoms with Crippen LogP contribution < -0.4 is 0 Å². The summed E-state index contributed by atoms with van der Waals surface area (Å²) in [6, 6.07) is 1.78. The van der Waals surface area contributed by atoms with E-state index in [0.29, 0.717) is 25.9 Å². The van der Waals surface area contributed by atoms with Crippen LogP contribution in [-0.4, -0.2) is 39.0 Å². The molecule has 1 aliphatic heterocycles. The van der Waals surface area contributed by atoms with Crippen molar-refractivity contribution in [3.63, 3.8) is 0 Å². The maximum atomic E-state index is 11.3. The highest BCUT2D eigenvalue weighted by molar-refractivity contribution is 5.75. The minimum absolute atomic E-state index is 0.575. The van der Waals surface area contributed by atoms with Crippen LogP contribution in [0.5, 0.6) is 0 Å². The number of aliphatic carboxylic acids is 1. The van der Waals surface area contributed by atoms with Crippen LogP contribution >= 0.6 is 0 Å². The van der Waals surface area contributed by atoms with Crippen LogP contribution in [-0.2, 0) is 11.3 Å². The monoisotopic (exact) mass is 235 g/mol. The summed E-state index contributed by atoms with van der Waals surface area (Å²) in [4.78, 5) is 21.7. The first kappa shape index (κ1) is 12.0. The number of carbonyl (C=O) groups is 1. The molecule has 1 fully saturated rings. The number of hydrogen-bond donors (Lipinski definition) is 1. The van der Waals surface area contributed by atoms with E-state index in [0.717, 1.165) is 12.4 Å². The molecule has 0 radical (unpaired) electrons. The molecule has 1 aromatic heterocycles. The summed E-state index contributed by atoms with van der Waals surface area (Å²) >= 11 is 0. The second-order valence-electron chi connectivity index (χ2n) is 4.56. The Morgan fingerprint density at radius 1 is 1.53 bits per heavy atom. The third kappa shape index (κ3) is 2.44. The molecular formula is C12H17N3O2. The predicted octanol–water partition coefficient (Wildman–Crippen LogP) is 1.16. The minimum atomic E-state index is -0.684. The van der Waals surface area contributed by atoms with Crippen molar-refractivity contribution in [2.75, 3.05) is 13.1 Å². The summed E-state index contributed by atoms with van der Waals surface area (Å²) in [5.74, 6) is 0.0706. The first-order chi connectivity index (χ1) is 8.16. The summed E-state index contributed by atoms with van der Waals surface area (Å²) in [6.45, 7) is 3.97. The fraction of sp³-hybridized carbons (Fsp3) is 0.583. The molecule has 1 aliphatic rings. The Bertz CT molecular complexity index is 396. The van der Waals surface area contributed by atoms with Gasteiger partial charge in [0.25, 0.3) is 0 Å². The van der Waals surface area contributed by atoms with Crippen LogP contribution in [0.3, 0.4) is 0 Å². The van der Waals surface area contributed by atoms with Crippen molar-refractivity contribution in [3.05, 3.63) is 24.3 Å². The van der Waals surface area contributed by atoms with Gasteiger partial charge in [0, 0.05) is 18.9 Å². The summed E-state index contributed by atoms with van der Waals surface area (Å²) in [7, 11) is 0. The summed E-state index contributed by atoms with van der Waals surface area (Å²) in [6.07, 6.45) is 4.81.